The Morgan fingerprint density at radius 1 is 1.27 bits per heavy atom. The van der Waals surface area contributed by atoms with Crippen LogP contribution in [-0.4, -0.2) is 37.1 Å². The number of hydrogen-bond donors (Lipinski definition) is 2. The number of methoxy groups -OCH3 is 1. The molecule has 0 fully saturated rings. The summed E-state index contributed by atoms with van der Waals surface area (Å²) in [5.41, 5.74) is 0. The van der Waals surface area contributed by atoms with Crippen LogP contribution in [-0.2, 0) is 14.3 Å². The smallest absolute Gasteiger partial charge is 0.305 e. The molecule has 0 rings (SSSR count). The number of carbonyl (C=O) groups is 2. The first-order valence-electron chi connectivity index (χ1n) is 4.70. The molecular formula is C9H16N2O3S. The van der Waals surface area contributed by atoms with Crippen molar-refractivity contribution in [3.8, 4) is 0 Å². The molecule has 15 heavy (non-hydrogen) atoms. The zero-order chi connectivity index (χ0) is 11.7. The van der Waals surface area contributed by atoms with Gasteiger partial charge in [-0.2, -0.15) is 0 Å². The van der Waals surface area contributed by atoms with E-state index in [0.717, 1.165) is 0 Å². The van der Waals surface area contributed by atoms with Crippen molar-refractivity contribution in [3.63, 3.8) is 0 Å². The van der Waals surface area contributed by atoms with Crippen LogP contribution in [0, 0.1) is 0 Å². The molecule has 0 spiro atoms. The standard InChI is InChI=1S/C9H16N2O3S/c1-3-10-9(15)11-6-7(12)4-5-8(13)14-2/h3-6H2,1-2H3,(H2,10,11,15). The Balaban J connectivity index is 3.57. The zero-order valence-corrected chi connectivity index (χ0v) is 9.78. The van der Waals surface area contributed by atoms with Crippen molar-refractivity contribution < 1.29 is 14.3 Å². The first-order valence-corrected chi connectivity index (χ1v) is 5.11. The minimum atomic E-state index is -0.377. The van der Waals surface area contributed by atoms with Crippen LogP contribution in [0.25, 0.3) is 0 Å². The van der Waals surface area contributed by atoms with Crippen molar-refractivity contribution in [1.82, 2.24) is 10.6 Å². The van der Waals surface area contributed by atoms with Gasteiger partial charge in [0.25, 0.3) is 0 Å². The van der Waals surface area contributed by atoms with Crippen molar-refractivity contribution in [1.29, 1.82) is 0 Å². The molecule has 2 N–H and O–H groups in total. The molecule has 0 unspecified atom stereocenters. The average molecular weight is 232 g/mol. The molecule has 0 aromatic rings. The number of thiocarbonyl (C=S) groups is 1. The van der Waals surface area contributed by atoms with E-state index in [1.165, 1.54) is 7.11 Å². The predicted octanol–water partition coefficient (Wildman–Crippen LogP) is -0.00730. The van der Waals surface area contributed by atoms with Crippen LogP contribution in [0.15, 0.2) is 0 Å². The molecular weight excluding hydrogens is 216 g/mol. The van der Waals surface area contributed by atoms with Crippen molar-refractivity contribution >= 4 is 29.1 Å². The Kier molecular flexibility index (Phi) is 7.53. The molecule has 86 valence electrons. The highest BCUT2D eigenvalue weighted by molar-refractivity contribution is 7.80. The van der Waals surface area contributed by atoms with E-state index < -0.39 is 0 Å². The largest absolute Gasteiger partial charge is 0.469 e. The lowest BCUT2D eigenvalue weighted by atomic mass is 10.2. The number of hydrogen-bond acceptors (Lipinski definition) is 4. The summed E-state index contributed by atoms with van der Waals surface area (Å²) in [5.74, 6) is -0.446. The summed E-state index contributed by atoms with van der Waals surface area (Å²) < 4.78 is 4.42. The SMILES string of the molecule is CCNC(=S)NCC(=O)CCC(=O)OC. The number of rotatable bonds is 6. The van der Waals surface area contributed by atoms with Gasteiger partial charge in [0.15, 0.2) is 10.9 Å². The Morgan fingerprint density at radius 2 is 1.93 bits per heavy atom. The molecule has 0 aromatic carbocycles. The highest BCUT2D eigenvalue weighted by Gasteiger charge is 2.06. The van der Waals surface area contributed by atoms with Gasteiger partial charge in [0.05, 0.1) is 20.1 Å². The van der Waals surface area contributed by atoms with Crippen molar-refractivity contribution in [3.05, 3.63) is 0 Å². The number of carbonyl (C=O) groups excluding carboxylic acids is 2. The summed E-state index contributed by atoms with van der Waals surface area (Å²) in [4.78, 5) is 21.9. The Labute approximate surface area is 94.6 Å². The van der Waals surface area contributed by atoms with Gasteiger partial charge in [0.2, 0.25) is 0 Å². The first kappa shape index (κ1) is 13.8. The van der Waals surface area contributed by atoms with Crippen molar-refractivity contribution in [2.75, 3.05) is 20.2 Å². The van der Waals surface area contributed by atoms with Gasteiger partial charge < -0.3 is 15.4 Å². The molecule has 0 aliphatic heterocycles. The van der Waals surface area contributed by atoms with Crippen LogP contribution in [0.2, 0.25) is 0 Å². The molecule has 0 aliphatic carbocycles. The predicted molar refractivity (Wildman–Crippen MR) is 60.5 cm³/mol. The van der Waals surface area contributed by atoms with Gasteiger partial charge >= 0.3 is 5.97 Å². The van der Waals surface area contributed by atoms with Crippen LogP contribution >= 0.6 is 12.2 Å². The second kappa shape index (κ2) is 8.16. The van der Waals surface area contributed by atoms with E-state index in [4.69, 9.17) is 12.2 Å². The van der Waals surface area contributed by atoms with Crippen LogP contribution < -0.4 is 10.6 Å². The van der Waals surface area contributed by atoms with Crippen molar-refractivity contribution in [2.24, 2.45) is 0 Å². The highest BCUT2D eigenvalue weighted by Crippen LogP contribution is 1.92. The molecule has 0 atom stereocenters. The van der Waals surface area contributed by atoms with Gasteiger partial charge in [0.1, 0.15) is 0 Å². The molecule has 6 heteroatoms. The number of Topliss-reactive ketones (excluding diaryl/α,β-unsaturated/α-hetero) is 1. The quantitative estimate of drug-likeness (QED) is 0.496. The van der Waals surface area contributed by atoms with Gasteiger partial charge in [-0.1, -0.05) is 0 Å². The third-order valence-electron chi connectivity index (χ3n) is 1.62. The lowest BCUT2D eigenvalue weighted by Gasteiger charge is -2.07. The fourth-order valence-corrected chi connectivity index (χ4v) is 1.05. The van der Waals surface area contributed by atoms with E-state index in [0.29, 0.717) is 11.7 Å². The lowest BCUT2D eigenvalue weighted by molar-refractivity contribution is -0.141. The summed E-state index contributed by atoms with van der Waals surface area (Å²) in [5, 5.41) is 6.05. The summed E-state index contributed by atoms with van der Waals surface area (Å²) in [7, 11) is 1.30. The zero-order valence-electron chi connectivity index (χ0n) is 8.96. The second-order valence-electron chi connectivity index (χ2n) is 2.83. The Bertz CT molecular complexity index is 244. The first-order chi connectivity index (χ1) is 7.10. The van der Waals surface area contributed by atoms with Crippen molar-refractivity contribution in [2.45, 2.75) is 19.8 Å². The maximum absolute atomic E-state index is 11.2. The number of nitrogens with one attached hydrogen (secondary N) is 2. The average Bonchev–Trinajstić information content (AvgIpc) is 2.23. The molecule has 0 bridgehead atoms. The maximum atomic E-state index is 11.2. The topological polar surface area (TPSA) is 67.4 Å². The molecule has 0 aromatic heterocycles. The third kappa shape index (κ3) is 7.87. The van der Waals surface area contributed by atoms with E-state index in [2.05, 4.69) is 15.4 Å². The van der Waals surface area contributed by atoms with E-state index in [1.54, 1.807) is 0 Å². The molecule has 0 saturated heterocycles. The van der Waals surface area contributed by atoms with Gasteiger partial charge in [-0.15, -0.1) is 0 Å². The fourth-order valence-electron chi connectivity index (χ4n) is 0.834. The summed E-state index contributed by atoms with van der Waals surface area (Å²) in [6.45, 7) is 2.76. The van der Waals surface area contributed by atoms with Crippen LogP contribution in [0.3, 0.4) is 0 Å². The van der Waals surface area contributed by atoms with E-state index in [9.17, 15) is 9.59 Å². The van der Waals surface area contributed by atoms with E-state index in [1.807, 2.05) is 6.92 Å². The van der Waals surface area contributed by atoms with Gasteiger partial charge in [-0.05, 0) is 19.1 Å². The van der Waals surface area contributed by atoms with E-state index >= 15 is 0 Å². The van der Waals surface area contributed by atoms with Crippen LogP contribution in [0.5, 0.6) is 0 Å². The van der Waals surface area contributed by atoms with E-state index in [-0.39, 0.29) is 31.1 Å². The third-order valence-corrected chi connectivity index (χ3v) is 1.91. The van der Waals surface area contributed by atoms with Crippen LogP contribution in [0.4, 0.5) is 0 Å². The second-order valence-corrected chi connectivity index (χ2v) is 3.24. The minimum Gasteiger partial charge on any atom is -0.469 e. The Hall–Kier alpha value is -1.17. The lowest BCUT2D eigenvalue weighted by Crippen LogP contribution is -2.38. The molecule has 0 saturated carbocycles. The highest BCUT2D eigenvalue weighted by atomic mass is 32.1. The summed E-state index contributed by atoms with van der Waals surface area (Å²) >= 11 is 4.86. The van der Waals surface area contributed by atoms with Gasteiger partial charge in [-0.25, -0.2) is 0 Å². The monoisotopic (exact) mass is 232 g/mol. The maximum Gasteiger partial charge on any atom is 0.305 e. The normalized spacial score (nSPS) is 9.20. The number of ether oxygens (including phenoxy) is 1. The van der Waals surface area contributed by atoms with Gasteiger partial charge in [0, 0.05) is 13.0 Å². The molecule has 0 heterocycles. The fraction of sp³-hybridized carbons (Fsp3) is 0.667. The number of ketones is 1. The summed E-state index contributed by atoms with van der Waals surface area (Å²) in [6, 6.07) is 0. The summed E-state index contributed by atoms with van der Waals surface area (Å²) in [6.07, 6.45) is 0.291. The Morgan fingerprint density at radius 3 is 2.47 bits per heavy atom. The van der Waals surface area contributed by atoms with Crippen LogP contribution in [0.1, 0.15) is 19.8 Å². The molecule has 0 amide bonds. The molecule has 0 radical (unpaired) electrons. The minimum absolute atomic E-state index is 0.0688. The number of esters is 1. The molecule has 5 nitrogen and oxygen atoms in total. The van der Waals surface area contributed by atoms with Gasteiger partial charge in [-0.3, -0.25) is 9.59 Å². The molecule has 0 aliphatic rings.